The molecule has 0 saturated carbocycles. The van der Waals surface area contributed by atoms with Crippen molar-refractivity contribution in [1.82, 2.24) is 9.88 Å². The average Bonchev–Trinajstić information content (AvgIpc) is 3.05. The number of carbonyl (C=O) groups is 1. The molecule has 2 aliphatic heterocycles. The summed E-state index contributed by atoms with van der Waals surface area (Å²) in [4.78, 5) is 16.7. The number of hydrogen-bond donors (Lipinski definition) is 3. The lowest BCUT2D eigenvalue weighted by Gasteiger charge is -2.28. The number of aromatic amines is 1. The van der Waals surface area contributed by atoms with Crippen molar-refractivity contribution in [2.45, 2.75) is 6.54 Å². The molecule has 21 heavy (non-hydrogen) atoms. The first-order chi connectivity index (χ1) is 10.1. The Balaban J connectivity index is 0.000000636. The molecule has 0 fully saturated rings. The molecule has 1 aromatic heterocycles. The Morgan fingerprint density at radius 2 is 2.24 bits per heavy atom. The molecular formula is C15H16BrN3O2. The largest absolute Gasteiger partial charge is 0.481 e. The average molecular weight is 350 g/mol. The van der Waals surface area contributed by atoms with Crippen molar-refractivity contribution in [2.24, 2.45) is 11.7 Å². The molecule has 1 unspecified atom stereocenters. The fraction of sp³-hybridized carbons (Fsp3) is 0.267. The van der Waals surface area contributed by atoms with Gasteiger partial charge in [0.1, 0.15) is 0 Å². The van der Waals surface area contributed by atoms with Crippen LogP contribution in [-0.4, -0.2) is 34.6 Å². The van der Waals surface area contributed by atoms with Crippen molar-refractivity contribution >= 4 is 38.5 Å². The van der Waals surface area contributed by atoms with Crippen LogP contribution in [0.1, 0.15) is 11.1 Å². The Morgan fingerprint density at radius 3 is 2.95 bits per heavy atom. The van der Waals surface area contributed by atoms with Crippen LogP contribution in [0, 0.1) is 5.92 Å². The second-order valence-corrected chi connectivity index (χ2v) is 5.82. The molecule has 1 atom stereocenters. The number of rotatable bonds is 1. The number of H-pyrrole nitrogens is 1. The van der Waals surface area contributed by atoms with E-state index in [1.165, 1.54) is 18.0 Å². The third kappa shape index (κ3) is 2.06. The summed E-state index contributed by atoms with van der Waals surface area (Å²) in [5, 5.41) is 10.4. The number of benzene rings is 1. The van der Waals surface area contributed by atoms with E-state index in [1.807, 2.05) is 18.2 Å². The molecule has 0 bridgehead atoms. The van der Waals surface area contributed by atoms with Crippen LogP contribution in [0.3, 0.4) is 0 Å². The zero-order valence-electron chi connectivity index (χ0n) is 11.6. The van der Waals surface area contributed by atoms with Crippen molar-refractivity contribution in [1.29, 1.82) is 0 Å². The summed E-state index contributed by atoms with van der Waals surface area (Å²) >= 11 is 3.56. The first-order valence-electron chi connectivity index (χ1n) is 6.72. The number of halogens is 1. The van der Waals surface area contributed by atoms with E-state index in [9.17, 15) is 9.90 Å². The number of aliphatic carboxylic acids is 1. The van der Waals surface area contributed by atoms with Gasteiger partial charge >= 0.3 is 5.97 Å². The lowest BCUT2D eigenvalue weighted by molar-refractivity contribution is -0.140. The number of nitrogens with one attached hydrogen (secondary N) is 1. The molecule has 0 saturated heterocycles. The third-order valence-corrected chi connectivity index (χ3v) is 4.61. The highest BCUT2D eigenvalue weighted by Gasteiger charge is 2.34. The molecule has 5 nitrogen and oxygen atoms in total. The minimum absolute atomic E-state index is 0.406. The van der Waals surface area contributed by atoms with Crippen LogP contribution in [0.4, 0.5) is 0 Å². The van der Waals surface area contributed by atoms with Crippen LogP contribution >= 0.6 is 15.9 Å². The Hall–Kier alpha value is -1.79. The van der Waals surface area contributed by atoms with Gasteiger partial charge in [0, 0.05) is 40.8 Å². The zero-order chi connectivity index (χ0) is 15.1. The van der Waals surface area contributed by atoms with E-state index in [1.54, 1.807) is 0 Å². The van der Waals surface area contributed by atoms with E-state index in [0.29, 0.717) is 6.54 Å². The molecule has 6 heteroatoms. The summed E-state index contributed by atoms with van der Waals surface area (Å²) in [5.41, 5.74) is 8.99. The summed E-state index contributed by atoms with van der Waals surface area (Å²) in [6.07, 6.45) is 1.88. The molecule has 1 aromatic carbocycles. The molecule has 0 aliphatic carbocycles. The van der Waals surface area contributed by atoms with Gasteiger partial charge in [-0.05, 0) is 35.1 Å². The molecule has 0 amide bonds. The van der Waals surface area contributed by atoms with E-state index < -0.39 is 11.9 Å². The fourth-order valence-corrected chi connectivity index (χ4v) is 3.62. The number of carboxylic acid groups (broad SMARTS) is 1. The number of hydrogen-bond acceptors (Lipinski definition) is 3. The molecule has 0 spiro atoms. The molecule has 110 valence electrons. The maximum Gasteiger partial charge on any atom is 0.312 e. The first-order valence-corrected chi connectivity index (χ1v) is 7.51. The highest BCUT2D eigenvalue weighted by Crippen LogP contribution is 2.42. The second kappa shape index (κ2) is 5.20. The molecular weight excluding hydrogens is 334 g/mol. The number of carboxylic acids is 1. The van der Waals surface area contributed by atoms with E-state index in [0.717, 1.165) is 27.9 Å². The lowest BCUT2D eigenvalue weighted by atomic mass is 9.99. The normalized spacial score (nSPS) is 18.9. The van der Waals surface area contributed by atoms with Gasteiger partial charge < -0.3 is 20.7 Å². The van der Waals surface area contributed by atoms with Gasteiger partial charge in [0.2, 0.25) is 0 Å². The lowest BCUT2D eigenvalue weighted by Crippen LogP contribution is -2.26. The summed E-state index contributed by atoms with van der Waals surface area (Å²) in [7, 11) is 1.50. The SMILES string of the molecule is CN.O=C(O)C1C=C2c3cccc4[nH]c(Br)c(c34)CN2C1. The Morgan fingerprint density at radius 1 is 1.48 bits per heavy atom. The van der Waals surface area contributed by atoms with Gasteiger partial charge in [0.25, 0.3) is 0 Å². The monoisotopic (exact) mass is 349 g/mol. The second-order valence-electron chi connectivity index (χ2n) is 5.02. The highest BCUT2D eigenvalue weighted by molar-refractivity contribution is 9.10. The molecule has 4 N–H and O–H groups in total. The quantitative estimate of drug-likeness (QED) is 0.738. The van der Waals surface area contributed by atoms with Crippen molar-refractivity contribution in [3.63, 3.8) is 0 Å². The van der Waals surface area contributed by atoms with Crippen LogP contribution < -0.4 is 5.73 Å². The highest BCUT2D eigenvalue weighted by atomic mass is 79.9. The summed E-state index contributed by atoms with van der Waals surface area (Å²) < 4.78 is 0.993. The Labute approximate surface area is 130 Å². The van der Waals surface area contributed by atoms with Gasteiger partial charge in [-0.3, -0.25) is 4.79 Å². The predicted octanol–water partition coefficient (Wildman–Crippen LogP) is 2.38. The standard InChI is InChI=1S/C14H11BrN2O2.CH5N/c15-13-9-6-17-5-7(14(18)19)4-11(17)8-2-1-3-10(16-13)12(8)9;1-2/h1-4,7,16H,5-6H2,(H,18,19);2H2,1H3. The minimum Gasteiger partial charge on any atom is -0.481 e. The van der Waals surface area contributed by atoms with Crippen molar-refractivity contribution in [3.8, 4) is 0 Å². The minimum atomic E-state index is -0.751. The van der Waals surface area contributed by atoms with E-state index in [-0.39, 0.29) is 0 Å². The number of nitrogens with two attached hydrogens (primary N) is 1. The van der Waals surface area contributed by atoms with Crippen molar-refractivity contribution in [3.05, 3.63) is 40.0 Å². The van der Waals surface area contributed by atoms with E-state index >= 15 is 0 Å². The number of fused-ring (bicyclic) bond motifs is 2. The van der Waals surface area contributed by atoms with E-state index in [4.69, 9.17) is 0 Å². The van der Waals surface area contributed by atoms with Gasteiger partial charge in [0.05, 0.1) is 10.5 Å². The maximum atomic E-state index is 11.2. The van der Waals surface area contributed by atoms with Gasteiger partial charge in [-0.2, -0.15) is 0 Å². The smallest absolute Gasteiger partial charge is 0.312 e. The Kier molecular flexibility index (Phi) is 3.51. The summed E-state index contributed by atoms with van der Waals surface area (Å²) in [6.45, 7) is 1.31. The van der Waals surface area contributed by atoms with Crippen LogP contribution in [0.15, 0.2) is 28.9 Å². The van der Waals surface area contributed by atoms with Gasteiger partial charge in [-0.15, -0.1) is 0 Å². The maximum absolute atomic E-state index is 11.2. The van der Waals surface area contributed by atoms with Crippen LogP contribution in [0.25, 0.3) is 16.6 Å². The van der Waals surface area contributed by atoms with Crippen LogP contribution in [0.5, 0.6) is 0 Å². The topological polar surface area (TPSA) is 82.4 Å². The van der Waals surface area contributed by atoms with E-state index in [2.05, 4.69) is 37.6 Å². The molecule has 2 aliphatic rings. The third-order valence-electron chi connectivity index (χ3n) is 3.93. The van der Waals surface area contributed by atoms with Gasteiger partial charge in [0.15, 0.2) is 0 Å². The summed E-state index contributed by atoms with van der Waals surface area (Å²) in [5.74, 6) is -1.16. The van der Waals surface area contributed by atoms with Gasteiger partial charge in [-0.1, -0.05) is 12.1 Å². The van der Waals surface area contributed by atoms with Crippen molar-refractivity contribution in [2.75, 3.05) is 13.6 Å². The first kappa shape index (κ1) is 14.2. The number of nitrogens with zero attached hydrogens (tertiary/aromatic N) is 1. The predicted molar refractivity (Wildman–Crippen MR) is 85.6 cm³/mol. The molecule has 3 heterocycles. The van der Waals surface area contributed by atoms with Crippen LogP contribution in [0.2, 0.25) is 0 Å². The molecule has 4 rings (SSSR count). The van der Waals surface area contributed by atoms with Crippen LogP contribution in [-0.2, 0) is 11.3 Å². The van der Waals surface area contributed by atoms with Gasteiger partial charge in [-0.25, -0.2) is 0 Å². The number of aromatic nitrogens is 1. The fourth-order valence-electron chi connectivity index (χ4n) is 3.08. The zero-order valence-corrected chi connectivity index (χ0v) is 13.1. The summed E-state index contributed by atoms with van der Waals surface area (Å²) in [6, 6.07) is 6.12. The molecule has 2 aromatic rings. The molecule has 0 radical (unpaired) electrons. The Bertz CT molecular complexity index is 751. The van der Waals surface area contributed by atoms with Crippen molar-refractivity contribution < 1.29 is 9.90 Å².